The summed E-state index contributed by atoms with van der Waals surface area (Å²) in [7, 11) is -3.86. The van der Waals surface area contributed by atoms with Gasteiger partial charge in [-0.3, -0.25) is 0 Å². The quantitative estimate of drug-likeness (QED) is 0.516. The van der Waals surface area contributed by atoms with Crippen LogP contribution in [0.5, 0.6) is 0 Å². The lowest BCUT2D eigenvalue weighted by atomic mass is 9.95. The van der Waals surface area contributed by atoms with Crippen LogP contribution < -0.4 is 0 Å². The van der Waals surface area contributed by atoms with Crippen LogP contribution in [0.3, 0.4) is 0 Å². The molecular weight excluding hydrogens is 452 g/mol. The molecule has 0 spiro atoms. The van der Waals surface area contributed by atoms with E-state index in [-0.39, 0.29) is 17.7 Å². The summed E-state index contributed by atoms with van der Waals surface area (Å²) in [6, 6.07) is 1.50. The first-order valence-corrected chi connectivity index (χ1v) is 12.2. The third kappa shape index (κ3) is 6.16. The van der Waals surface area contributed by atoms with E-state index in [9.17, 15) is 22.0 Å². The monoisotopic (exact) mass is 483 g/mol. The van der Waals surface area contributed by atoms with Gasteiger partial charge in [0.15, 0.2) is 0 Å². The maximum atomic E-state index is 15.0. The highest BCUT2D eigenvalue weighted by atomic mass is 32.2. The van der Waals surface area contributed by atoms with Crippen LogP contribution in [0.4, 0.5) is 8.78 Å². The molecule has 1 saturated heterocycles. The molecule has 0 unspecified atom stereocenters. The van der Waals surface area contributed by atoms with E-state index in [1.807, 2.05) is 6.92 Å². The van der Waals surface area contributed by atoms with E-state index in [1.54, 1.807) is 25.2 Å². The van der Waals surface area contributed by atoms with Crippen LogP contribution in [0, 0.1) is 11.6 Å². The molecule has 0 aromatic heterocycles. The predicted octanol–water partition coefficient (Wildman–Crippen LogP) is 4.67. The minimum atomic E-state index is -3.86. The molecule has 1 aliphatic heterocycles. The number of carboxylic acids is 1. The van der Waals surface area contributed by atoms with Gasteiger partial charge in [0.05, 0.1) is 5.60 Å². The van der Waals surface area contributed by atoms with Gasteiger partial charge in [-0.15, -0.1) is 0 Å². The minimum absolute atomic E-state index is 0.112. The molecule has 1 aromatic rings. The lowest BCUT2D eigenvalue weighted by Gasteiger charge is -2.38. The van der Waals surface area contributed by atoms with Crippen LogP contribution in [0.2, 0.25) is 0 Å². The highest BCUT2D eigenvalue weighted by Gasteiger charge is 2.41. The minimum Gasteiger partial charge on any atom is -0.480 e. The second-order valence-electron chi connectivity index (χ2n) is 8.52. The van der Waals surface area contributed by atoms with Gasteiger partial charge in [-0.2, -0.15) is 4.31 Å². The Morgan fingerprint density at radius 2 is 1.97 bits per heavy atom. The Hall–Kier alpha value is -2.36. The highest BCUT2D eigenvalue weighted by molar-refractivity contribution is 7.90. The zero-order valence-corrected chi connectivity index (χ0v) is 20.2. The number of hydrogen-bond donors (Lipinski definition) is 1. The number of hydrogen-bond acceptors (Lipinski definition) is 4. The molecule has 0 amide bonds. The molecule has 1 fully saturated rings. The highest BCUT2D eigenvalue weighted by Crippen LogP contribution is 2.34. The first-order chi connectivity index (χ1) is 15.3. The van der Waals surface area contributed by atoms with Gasteiger partial charge < -0.3 is 9.84 Å². The number of rotatable bonds is 9. The van der Waals surface area contributed by atoms with E-state index in [0.29, 0.717) is 18.4 Å². The Kier molecular flexibility index (Phi) is 8.73. The van der Waals surface area contributed by atoms with E-state index in [2.05, 4.69) is 6.58 Å². The summed E-state index contributed by atoms with van der Waals surface area (Å²) in [6.45, 7) is 9.15. The standard InChI is InChI=1S/C24H31F2NO5S/c1-6-8-9-17(7-2)22-11-10-16(3)27(33(22,30)31)14-18-12-21(26)19(13-20(18)25)24(4,5)32-15-23(28)29/h6-9,12-13,16,22H,2,10-11,14-15H2,1,3-5H3,(H,28,29)/b8-6-,17-9+/t16-,22+/m0/s1. The molecular formula is C24H31F2NO5S. The summed E-state index contributed by atoms with van der Waals surface area (Å²) in [5.74, 6) is -2.83. The van der Waals surface area contributed by atoms with Crippen molar-refractivity contribution >= 4 is 16.0 Å². The molecule has 6 nitrogen and oxygen atoms in total. The van der Waals surface area contributed by atoms with E-state index < -0.39 is 51.1 Å². The van der Waals surface area contributed by atoms with Crippen molar-refractivity contribution in [3.63, 3.8) is 0 Å². The van der Waals surface area contributed by atoms with Gasteiger partial charge in [-0.1, -0.05) is 30.9 Å². The SMILES string of the molecule is C=C/C(=C\C=C/C)[C@H]1CC[C@H](C)N(Cc2cc(F)c(C(C)(C)OCC(=O)O)cc2F)S1(=O)=O. The molecule has 0 radical (unpaired) electrons. The van der Waals surface area contributed by atoms with Crippen molar-refractivity contribution in [2.24, 2.45) is 0 Å². The predicted molar refractivity (Wildman–Crippen MR) is 123 cm³/mol. The van der Waals surface area contributed by atoms with Crippen molar-refractivity contribution in [1.82, 2.24) is 4.31 Å². The molecule has 1 aliphatic rings. The van der Waals surface area contributed by atoms with Crippen molar-refractivity contribution in [1.29, 1.82) is 0 Å². The van der Waals surface area contributed by atoms with Gasteiger partial charge >= 0.3 is 5.97 Å². The fourth-order valence-corrected chi connectivity index (χ4v) is 6.06. The number of benzene rings is 1. The molecule has 0 aliphatic carbocycles. The Labute approximate surface area is 194 Å². The van der Waals surface area contributed by atoms with Crippen LogP contribution in [-0.4, -0.2) is 41.7 Å². The summed E-state index contributed by atoms with van der Waals surface area (Å²) in [5, 5.41) is 7.98. The number of aliphatic carboxylic acids is 1. The van der Waals surface area contributed by atoms with Crippen molar-refractivity contribution < 1.29 is 31.8 Å². The summed E-state index contributed by atoms with van der Waals surface area (Å²) in [5.41, 5.74) is -1.11. The number of halogens is 2. The third-order valence-electron chi connectivity index (χ3n) is 5.78. The van der Waals surface area contributed by atoms with Crippen LogP contribution >= 0.6 is 0 Å². The summed E-state index contributed by atoms with van der Waals surface area (Å²) in [6.07, 6.45) is 7.67. The topological polar surface area (TPSA) is 83.9 Å². The van der Waals surface area contributed by atoms with Crippen molar-refractivity contribution in [2.75, 3.05) is 6.61 Å². The summed E-state index contributed by atoms with van der Waals surface area (Å²) < 4.78 is 63.1. The molecule has 2 rings (SSSR count). The molecule has 9 heteroatoms. The first kappa shape index (κ1) is 26.9. The Morgan fingerprint density at radius 3 is 2.55 bits per heavy atom. The number of ether oxygens (including phenoxy) is 1. The van der Waals surface area contributed by atoms with Gasteiger partial charge in [-0.05, 0) is 58.2 Å². The normalized spacial score (nSPS) is 21.9. The van der Waals surface area contributed by atoms with Crippen molar-refractivity contribution in [2.45, 2.75) is 64.0 Å². The van der Waals surface area contributed by atoms with E-state index in [4.69, 9.17) is 9.84 Å². The fraction of sp³-hybridized carbons (Fsp3) is 0.458. The van der Waals surface area contributed by atoms with E-state index in [1.165, 1.54) is 24.2 Å². The molecule has 2 atom stereocenters. The summed E-state index contributed by atoms with van der Waals surface area (Å²) >= 11 is 0. The summed E-state index contributed by atoms with van der Waals surface area (Å²) in [4.78, 5) is 10.8. The average molecular weight is 484 g/mol. The number of allylic oxidation sites excluding steroid dienone is 4. The number of nitrogens with zero attached hydrogens (tertiary/aromatic N) is 1. The number of sulfonamides is 1. The second kappa shape index (κ2) is 10.7. The fourth-order valence-electron chi connectivity index (χ4n) is 3.86. The van der Waals surface area contributed by atoms with E-state index in [0.717, 1.165) is 12.1 Å². The van der Waals surface area contributed by atoms with Crippen LogP contribution in [0.25, 0.3) is 0 Å². The van der Waals surface area contributed by atoms with Crippen LogP contribution in [0.15, 0.2) is 48.6 Å². The van der Waals surface area contributed by atoms with Gasteiger partial charge in [0, 0.05) is 23.7 Å². The maximum absolute atomic E-state index is 15.0. The van der Waals surface area contributed by atoms with Gasteiger partial charge in [0.1, 0.15) is 23.5 Å². The third-order valence-corrected chi connectivity index (χ3v) is 8.15. The molecule has 0 saturated carbocycles. The molecule has 1 N–H and O–H groups in total. The average Bonchev–Trinajstić information content (AvgIpc) is 2.73. The molecule has 1 aromatic carbocycles. The largest absolute Gasteiger partial charge is 0.480 e. The second-order valence-corrected chi connectivity index (χ2v) is 10.6. The zero-order valence-electron chi connectivity index (χ0n) is 19.3. The van der Waals surface area contributed by atoms with Gasteiger partial charge in [0.25, 0.3) is 0 Å². The van der Waals surface area contributed by atoms with Crippen LogP contribution in [0.1, 0.15) is 51.7 Å². The molecule has 1 heterocycles. The Morgan fingerprint density at radius 1 is 1.30 bits per heavy atom. The van der Waals surface area contributed by atoms with Gasteiger partial charge in [0.2, 0.25) is 10.0 Å². The maximum Gasteiger partial charge on any atom is 0.329 e. The molecule has 0 bridgehead atoms. The lowest BCUT2D eigenvalue weighted by Crippen LogP contribution is -2.48. The smallest absolute Gasteiger partial charge is 0.329 e. The Bertz CT molecular complexity index is 1060. The van der Waals surface area contributed by atoms with Crippen LogP contribution in [-0.2, 0) is 31.7 Å². The van der Waals surface area contributed by atoms with Crippen molar-refractivity contribution in [3.05, 3.63) is 71.4 Å². The zero-order chi connectivity index (χ0) is 25.0. The van der Waals surface area contributed by atoms with E-state index >= 15 is 0 Å². The van der Waals surface area contributed by atoms with Crippen molar-refractivity contribution in [3.8, 4) is 0 Å². The Balaban J connectivity index is 2.39. The number of carboxylic acid groups (broad SMARTS) is 1. The van der Waals surface area contributed by atoms with Gasteiger partial charge in [-0.25, -0.2) is 22.0 Å². The number of carbonyl (C=O) groups is 1. The molecule has 33 heavy (non-hydrogen) atoms. The first-order valence-electron chi connectivity index (χ1n) is 10.6. The lowest BCUT2D eigenvalue weighted by molar-refractivity contribution is -0.148. The molecule has 182 valence electrons.